The molecule has 0 aliphatic carbocycles. The van der Waals surface area contributed by atoms with E-state index in [-0.39, 0.29) is 6.04 Å². The van der Waals surface area contributed by atoms with E-state index in [1.54, 1.807) is 31.2 Å². The first-order valence-electron chi connectivity index (χ1n) is 4.88. The van der Waals surface area contributed by atoms with Gasteiger partial charge in [0.05, 0.1) is 0 Å². The van der Waals surface area contributed by atoms with Crippen molar-refractivity contribution in [2.75, 3.05) is 0 Å². The van der Waals surface area contributed by atoms with Gasteiger partial charge in [0.15, 0.2) is 0 Å². The van der Waals surface area contributed by atoms with Crippen LogP contribution in [0.3, 0.4) is 0 Å². The summed E-state index contributed by atoms with van der Waals surface area (Å²) >= 11 is 0. The van der Waals surface area contributed by atoms with Gasteiger partial charge >= 0.3 is 0 Å². The predicted molar refractivity (Wildman–Crippen MR) is 60.0 cm³/mol. The van der Waals surface area contributed by atoms with Crippen molar-refractivity contribution in [1.82, 2.24) is 0 Å². The summed E-state index contributed by atoms with van der Waals surface area (Å²) < 4.78 is 0. The summed E-state index contributed by atoms with van der Waals surface area (Å²) in [6.07, 6.45) is 0.377. The monoisotopic (exact) mass is 207 g/mol. The molecule has 0 aliphatic heterocycles. The minimum Gasteiger partial charge on any atom is -0.359 e. The van der Waals surface area contributed by atoms with Crippen LogP contribution in [0, 0.1) is 0 Å². The Morgan fingerprint density at radius 1 is 1.40 bits per heavy atom. The van der Waals surface area contributed by atoms with Gasteiger partial charge < -0.3 is 15.9 Å². The Labute approximate surface area is 89.9 Å². The molecule has 3 heteroatoms. The zero-order valence-electron chi connectivity index (χ0n) is 8.85. The van der Waals surface area contributed by atoms with Crippen LogP contribution >= 0.6 is 0 Å². The first-order chi connectivity index (χ1) is 6.94. The molecule has 0 radical (unpaired) electrons. The van der Waals surface area contributed by atoms with Crippen LogP contribution in [-0.2, 0) is 5.79 Å². The molecule has 1 aromatic carbocycles. The summed E-state index contributed by atoms with van der Waals surface area (Å²) in [4.78, 5) is 0. The van der Waals surface area contributed by atoms with Gasteiger partial charge in [-0.2, -0.15) is 0 Å². The van der Waals surface area contributed by atoms with Crippen LogP contribution in [0.5, 0.6) is 0 Å². The molecular weight excluding hydrogens is 190 g/mol. The van der Waals surface area contributed by atoms with Crippen LogP contribution in [-0.4, -0.2) is 16.3 Å². The number of hydrogen-bond donors (Lipinski definition) is 3. The lowest BCUT2D eigenvalue weighted by Gasteiger charge is -2.25. The first kappa shape index (κ1) is 11.9. The van der Waals surface area contributed by atoms with Gasteiger partial charge in [0.1, 0.15) is 0 Å². The topological polar surface area (TPSA) is 66.5 Å². The SMILES string of the molecule is C=C(CC(C)N)C(O)(O)c1ccccc1. The van der Waals surface area contributed by atoms with E-state index in [1.165, 1.54) is 0 Å². The highest BCUT2D eigenvalue weighted by Gasteiger charge is 2.29. The average Bonchev–Trinajstić information content (AvgIpc) is 2.18. The third-order valence-corrected chi connectivity index (χ3v) is 2.24. The van der Waals surface area contributed by atoms with Gasteiger partial charge in [-0.15, -0.1) is 0 Å². The normalized spacial score (nSPS) is 13.6. The molecule has 0 saturated heterocycles. The molecule has 82 valence electrons. The molecule has 0 aromatic heterocycles. The van der Waals surface area contributed by atoms with Crippen LogP contribution in [0.2, 0.25) is 0 Å². The Bertz CT molecular complexity index is 331. The van der Waals surface area contributed by atoms with Crippen molar-refractivity contribution in [2.45, 2.75) is 25.2 Å². The summed E-state index contributed by atoms with van der Waals surface area (Å²) in [5, 5.41) is 19.8. The summed E-state index contributed by atoms with van der Waals surface area (Å²) in [7, 11) is 0. The van der Waals surface area contributed by atoms with E-state index in [0.29, 0.717) is 17.6 Å². The molecule has 0 aliphatic rings. The van der Waals surface area contributed by atoms with Crippen molar-refractivity contribution in [3.8, 4) is 0 Å². The maximum atomic E-state index is 9.90. The Morgan fingerprint density at radius 2 is 1.93 bits per heavy atom. The van der Waals surface area contributed by atoms with Gasteiger partial charge in [0.2, 0.25) is 5.79 Å². The molecule has 0 amide bonds. The van der Waals surface area contributed by atoms with E-state index in [1.807, 2.05) is 6.07 Å². The Hall–Kier alpha value is -1.16. The van der Waals surface area contributed by atoms with Gasteiger partial charge in [-0.25, -0.2) is 0 Å². The second-order valence-electron chi connectivity index (χ2n) is 3.82. The van der Waals surface area contributed by atoms with Crippen molar-refractivity contribution in [1.29, 1.82) is 0 Å². The van der Waals surface area contributed by atoms with Crippen molar-refractivity contribution < 1.29 is 10.2 Å². The van der Waals surface area contributed by atoms with E-state index in [4.69, 9.17) is 5.73 Å². The molecule has 0 saturated carbocycles. The summed E-state index contributed by atoms with van der Waals surface area (Å²) in [6, 6.07) is 8.46. The zero-order chi connectivity index (χ0) is 11.5. The van der Waals surface area contributed by atoms with Crippen molar-refractivity contribution in [2.24, 2.45) is 5.73 Å². The highest BCUT2D eigenvalue weighted by molar-refractivity contribution is 5.28. The third-order valence-electron chi connectivity index (χ3n) is 2.24. The molecule has 1 unspecified atom stereocenters. The predicted octanol–water partition coefficient (Wildman–Crippen LogP) is 1.12. The lowest BCUT2D eigenvalue weighted by Crippen LogP contribution is -2.30. The number of nitrogens with two attached hydrogens (primary N) is 1. The number of hydrogen-bond acceptors (Lipinski definition) is 3. The Kier molecular flexibility index (Phi) is 3.63. The van der Waals surface area contributed by atoms with E-state index in [0.717, 1.165) is 0 Å². The van der Waals surface area contributed by atoms with Crippen LogP contribution in [0.4, 0.5) is 0 Å². The minimum absolute atomic E-state index is 0.139. The van der Waals surface area contributed by atoms with Gasteiger partial charge in [0, 0.05) is 11.6 Å². The quantitative estimate of drug-likeness (QED) is 0.512. The second kappa shape index (κ2) is 4.57. The maximum Gasteiger partial charge on any atom is 0.212 e. The minimum atomic E-state index is -1.99. The lowest BCUT2D eigenvalue weighted by molar-refractivity contribution is -0.137. The first-order valence-corrected chi connectivity index (χ1v) is 4.88. The molecule has 0 bridgehead atoms. The van der Waals surface area contributed by atoms with E-state index in [2.05, 4.69) is 6.58 Å². The number of aliphatic hydroxyl groups is 2. The fourth-order valence-corrected chi connectivity index (χ4v) is 1.41. The van der Waals surface area contributed by atoms with Crippen molar-refractivity contribution in [3.05, 3.63) is 48.0 Å². The molecule has 3 nitrogen and oxygen atoms in total. The lowest BCUT2D eigenvalue weighted by atomic mass is 9.94. The Morgan fingerprint density at radius 3 is 2.40 bits per heavy atom. The highest BCUT2D eigenvalue weighted by Crippen LogP contribution is 2.27. The third kappa shape index (κ3) is 2.89. The van der Waals surface area contributed by atoms with Crippen LogP contribution in [0.25, 0.3) is 0 Å². The van der Waals surface area contributed by atoms with E-state index < -0.39 is 5.79 Å². The molecular formula is C12H17NO2. The summed E-state index contributed by atoms with van der Waals surface area (Å²) in [6.45, 7) is 5.46. The van der Waals surface area contributed by atoms with Crippen LogP contribution in [0.1, 0.15) is 18.9 Å². The molecule has 15 heavy (non-hydrogen) atoms. The summed E-state index contributed by atoms with van der Waals surface area (Å²) in [5.41, 5.74) is 6.31. The number of rotatable bonds is 4. The fraction of sp³-hybridized carbons (Fsp3) is 0.333. The smallest absolute Gasteiger partial charge is 0.212 e. The van der Waals surface area contributed by atoms with Crippen LogP contribution in [0.15, 0.2) is 42.5 Å². The standard InChI is InChI=1S/C12H17NO2/c1-9(8-10(2)13)12(14,15)11-6-4-3-5-7-11/h3-7,10,14-15H,1,8,13H2,2H3. The zero-order valence-corrected chi connectivity index (χ0v) is 8.85. The van der Waals surface area contributed by atoms with Crippen molar-refractivity contribution in [3.63, 3.8) is 0 Å². The maximum absolute atomic E-state index is 9.90. The van der Waals surface area contributed by atoms with Crippen LogP contribution < -0.4 is 5.73 Å². The molecule has 0 fully saturated rings. The molecule has 1 rings (SSSR count). The van der Waals surface area contributed by atoms with Gasteiger partial charge in [-0.05, 0) is 18.9 Å². The van der Waals surface area contributed by atoms with Gasteiger partial charge in [-0.3, -0.25) is 0 Å². The van der Waals surface area contributed by atoms with Crippen molar-refractivity contribution >= 4 is 0 Å². The van der Waals surface area contributed by atoms with Gasteiger partial charge in [-0.1, -0.05) is 36.9 Å². The summed E-state index contributed by atoms with van der Waals surface area (Å²) in [5.74, 6) is -1.99. The molecule has 0 spiro atoms. The van der Waals surface area contributed by atoms with E-state index in [9.17, 15) is 10.2 Å². The van der Waals surface area contributed by atoms with Gasteiger partial charge in [0.25, 0.3) is 0 Å². The van der Waals surface area contributed by atoms with E-state index >= 15 is 0 Å². The second-order valence-corrected chi connectivity index (χ2v) is 3.82. The molecule has 1 aromatic rings. The molecule has 1 atom stereocenters. The highest BCUT2D eigenvalue weighted by atomic mass is 16.5. The molecule has 0 heterocycles. The number of benzene rings is 1. The largest absolute Gasteiger partial charge is 0.359 e. The Balaban J connectivity index is 2.88. The molecule has 4 N–H and O–H groups in total. The average molecular weight is 207 g/mol. The fourth-order valence-electron chi connectivity index (χ4n) is 1.41.